The van der Waals surface area contributed by atoms with Gasteiger partial charge in [0.2, 0.25) is 0 Å². The molecule has 2 atom stereocenters. The summed E-state index contributed by atoms with van der Waals surface area (Å²) >= 11 is 0. The molecule has 2 aromatic carbocycles. The van der Waals surface area contributed by atoms with Crippen molar-refractivity contribution in [3.05, 3.63) is 42.0 Å². The van der Waals surface area contributed by atoms with Crippen molar-refractivity contribution in [1.82, 2.24) is 5.32 Å². The summed E-state index contributed by atoms with van der Waals surface area (Å²) in [5.74, 6) is 3.62. The monoisotopic (exact) mass is 359 g/mol. The van der Waals surface area contributed by atoms with Crippen molar-refractivity contribution in [1.29, 1.82) is 0 Å². The number of methoxy groups -OCH3 is 3. The van der Waals surface area contributed by atoms with E-state index in [0.29, 0.717) is 24.7 Å². The number of para-hydroxylation sites is 2. The van der Waals surface area contributed by atoms with Crippen LogP contribution in [0, 0.1) is 0 Å². The zero-order chi connectivity index (χ0) is 18.5. The molecule has 0 spiro atoms. The maximum atomic E-state index is 6.06. The molecule has 0 aromatic heterocycles. The summed E-state index contributed by atoms with van der Waals surface area (Å²) in [6.07, 6.45) is -0.0731. The number of hydrogen-bond donors (Lipinski definition) is 1. The molecule has 0 amide bonds. The smallest absolute Gasteiger partial charge is 0.164 e. The van der Waals surface area contributed by atoms with Crippen molar-refractivity contribution < 1.29 is 23.7 Å². The molecular weight excluding hydrogens is 334 g/mol. The van der Waals surface area contributed by atoms with Gasteiger partial charge < -0.3 is 29.0 Å². The van der Waals surface area contributed by atoms with Crippen LogP contribution >= 0.6 is 0 Å². The molecule has 0 bridgehead atoms. The molecule has 1 aliphatic rings. The molecular formula is C20H25NO5. The number of benzene rings is 2. The van der Waals surface area contributed by atoms with Crippen molar-refractivity contribution in [3.63, 3.8) is 0 Å². The highest BCUT2D eigenvalue weighted by molar-refractivity contribution is 5.50. The molecule has 0 aliphatic carbocycles. The number of rotatable bonds is 7. The van der Waals surface area contributed by atoms with Crippen LogP contribution in [-0.2, 0) is 6.54 Å². The summed E-state index contributed by atoms with van der Waals surface area (Å²) in [6, 6.07) is 11.6. The van der Waals surface area contributed by atoms with Crippen LogP contribution in [0.15, 0.2) is 36.4 Å². The van der Waals surface area contributed by atoms with Gasteiger partial charge in [0, 0.05) is 24.2 Å². The lowest BCUT2D eigenvalue weighted by Crippen LogP contribution is -2.45. The van der Waals surface area contributed by atoms with Crippen LogP contribution in [0.25, 0.3) is 0 Å². The predicted octanol–water partition coefficient (Wildman–Crippen LogP) is 3.03. The van der Waals surface area contributed by atoms with Crippen LogP contribution in [-0.4, -0.2) is 40.1 Å². The number of hydrogen-bond acceptors (Lipinski definition) is 6. The second-order valence-corrected chi connectivity index (χ2v) is 6.10. The minimum atomic E-state index is -0.0731. The molecule has 0 saturated carbocycles. The predicted molar refractivity (Wildman–Crippen MR) is 98.8 cm³/mol. The van der Waals surface area contributed by atoms with Crippen LogP contribution in [0.5, 0.6) is 28.7 Å². The summed E-state index contributed by atoms with van der Waals surface area (Å²) in [5.41, 5.74) is 0.981. The van der Waals surface area contributed by atoms with Crippen LogP contribution in [0.4, 0.5) is 0 Å². The van der Waals surface area contributed by atoms with Gasteiger partial charge in [-0.2, -0.15) is 0 Å². The molecule has 26 heavy (non-hydrogen) atoms. The first kappa shape index (κ1) is 18.2. The van der Waals surface area contributed by atoms with Gasteiger partial charge in [-0.3, -0.25) is 0 Å². The van der Waals surface area contributed by atoms with Gasteiger partial charge in [0.15, 0.2) is 23.0 Å². The van der Waals surface area contributed by atoms with Crippen molar-refractivity contribution >= 4 is 0 Å². The molecule has 1 heterocycles. The Hall–Kier alpha value is -2.60. The Labute approximate surface area is 154 Å². The molecule has 0 fully saturated rings. The summed E-state index contributed by atoms with van der Waals surface area (Å²) < 4.78 is 28.0. The van der Waals surface area contributed by atoms with Gasteiger partial charge >= 0.3 is 0 Å². The van der Waals surface area contributed by atoms with Crippen LogP contribution in [0.3, 0.4) is 0 Å². The summed E-state index contributed by atoms with van der Waals surface area (Å²) in [7, 11) is 4.87. The van der Waals surface area contributed by atoms with E-state index < -0.39 is 0 Å². The quantitative estimate of drug-likeness (QED) is 0.820. The van der Waals surface area contributed by atoms with Gasteiger partial charge in [0.25, 0.3) is 0 Å². The highest BCUT2D eigenvalue weighted by Gasteiger charge is 2.26. The lowest BCUT2D eigenvalue weighted by Gasteiger charge is -2.31. The Kier molecular flexibility index (Phi) is 5.73. The Morgan fingerprint density at radius 1 is 1.00 bits per heavy atom. The molecule has 140 valence electrons. The van der Waals surface area contributed by atoms with Gasteiger partial charge in [-0.25, -0.2) is 0 Å². The molecule has 2 aromatic rings. The van der Waals surface area contributed by atoms with E-state index in [2.05, 4.69) is 12.2 Å². The van der Waals surface area contributed by atoms with Crippen LogP contribution in [0.1, 0.15) is 12.5 Å². The molecule has 6 heteroatoms. The average molecular weight is 359 g/mol. The summed E-state index contributed by atoms with van der Waals surface area (Å²) in [5, 5.41) is 3.48. The third kappa shape index (κ3) is 3.80. The molecule has 3 rings (SSSR count). The molecule has 6 nitrogen and oxygen atoms in total. The maximum Gasteiger partial charge on any atom is 0.164 e. The third-order valence-electron chi connectivity index (χ3n) is 4.49. The largest absolute Gasteiger partial charge is 0.496 e. The first-order valence-corrected chi connectivity index (χ1v) is 8.57. The topological polar surface area (TPSA) is 58.2 Å². The Bertz CT molecular complexity index is 749. The summed E-state index contributed by atoms with van der Waals surface area (Å²) in [4.78, 5) is 0. The van der Waals surface area contributed by atoms with Crippen molar-refractivity contribution in [2.75, 3.05) is 27.9 Å². The van der Waals surface area contributed by atoms with Crippen LogP contribution in [0.2, 0.25) is 0 Å². The minimum absolute atomic E-state index is 0.0731. The molecule has 0 saturated heterocycles. The van der Waals surface area contributed by atoms with Gasteiger partial charge in [-0.15, -0.1) is 0 Å². The van der Waals surface area contributed by atoms with E-state index >= 15 is 0 Å². The molecule has 1 N–H and O–H groups in total. The Morgan fingerprint density at radius 2 is 1.65 bits per heavy atom. The van der Waals surface area contributed by atoms with E-state index in [1.54, 1.807) is 21.3 Å². The SMILES string of the molecule is COc1cc(OC)c(OC)cc1CN[C@H](C)[C@H]1COc2ccccc2O1. The number of nitrogens with one attached hydrogen (secondary N) is 1. The molecule has 0 radical (unpaired) electrons. The first-order valence-electron chi connectivity index (χ1n) is 8.57. The zero-order valence-corrected chi connectivity index (χ0v) is 15.6. The molecule has 0 unspecified atom stereocenters. The van der Waals surface area contributed by atoms with E-state index in [1.165, 1.54) is 0 Å². The number of ether oxygens (including phenoxy) is 5. The fourth-order valence-electron chi connectivity index (χ4n) is 2.92. The minimum Gasteiger partial charge on any atom is -0.496 e. The fraction of sp³-hybridized carbons (Fsp3) is 0.400. The number of fused-ring (bicyclic) bond motifs is 1. The van der Waals surface area contributed by atoms with E-state index in [-0.39, 0.29) is 12.1 Å². The van der Waals surface area contributed by atoms with Crippen molar-refractivity contribution in [3.8, 4) is 28.7 Å². The third-order valence-corrected chi connectivity index (χ3v) is 4.49. The highest BCUT2D eigenvalue weighted by atomic mass is 16.6. The molecule has 1 aliphatic heterocycles. The Balaban J connectivity index is 1.67. The zero-order valence-electron chi connectivity index (χ0n) is 15.6. The highest BCUT2D eigenvalue weighted by Crippen LogP contribution is 2.35. The fourth-order valence-corrected chi connectivity index (χ4v) is 2.92. The van der Waals surface area contributed by atoms with Gasteiger partial charge in [0.1, 0.15) is 18.5 Å². The average Bonchev–Trinajstić information content (AvgIpc) is 2.70. The van der Waals surface area contributed by atoms with Gasteiger partial charge in [0.05, 0.1) is 21.3 Å². The van der Waals surface area contributed by atoms with Gasteiger partial charge in [-0.1, -0.05) is 12.1 Å². The lowest BCUT2D eigenvalue weighted by atomic mass is 10.1. The van der Waals surface area contributed by atoms with Gasteiger partial charge in [-0.05, 0) is 25.1 Å². The summed E-state index contributed by atoms with van der Waals surface area (Å²) in [6.45, 7) is 3.19. The standard InChI is InChI=1S/C20H25NO5/c1-13(20-12-25-15-7-5-6-8-16(15)26-20)21-11-14-9-18(23-3)19(24-4)10-17(14)22-2/h5-10,13,20-21H,11-12H2,1-4H3/t13-,20-/m1/s1. The first-order chi connectivity index (χ1) is 12.7. The van der Waals surface area contributed by atoms with Crippen molar-refractivity contribution in [2.45, 2.75) is 25.6 Å². The second kappa shape index (κ2) is 8.19. The van der Waals surface area contributed by atoms with E-state index in [4.69, 9.17) is 23.7 Å². The van der Waals surface area contributed by atoms with E-state index in [9.17, 15) is 0 Å². The normalized spacial score (nSPS) is 16.7. The second-order valence-electron chi connectivity index (χ2n) is 6.10. The van der Waals surface area contributed by atoms with Crippen molar-refractivity contribution in [2.24, 2.45) is 0 Å². The Morgan fingerprint density at radius 3 is 2.35 bits per heavy atom. The van der Waals surface area contributed by atoms with E-state index in [1.807, 2.05) is 36.4 Å². The lowest BCUT2D eigenvalue weighted by molar-refractivity contribution is 0.0662. The van der Waals surface area contributed by atoms with E-state index in [0.717, 1.165) is 22.8 Å². The maximum absolute atomic E-state index is 6.06. The van der Waals surface area contributed by atoms with Crippen LogP contribution < -0.4 is 29.0 Å².